The number of alkyl halides is 3. The number of nitrogens with zero attached hydrogens (tertiary/aromatic N) is 1. The Labute approximate surface area is 218 Å². The molecule has 2 fully saturated rings. The normalized spacial score (nSPS) is 20.4. The number of anilines is 2. The van der Waals surface area contributed by atoms with Crippen LogP contribution in [0.15, 0.2) is 61.2 Å². The highest BCUT2D eigenvalue weighted by molar-refractivity contribution is 6.01. The summed E-state index contributed by atoms with van der Waals surface area (Å²) in [7, 11) is 0. The highest BCUT2D eigenvalue weighted by atomic mass is 19.4. The van der Waals surface area contributed by atoms with E-state index in [0.717, 1.165) is 25.0 Å². The van der Waals surface area contributed by atoms with Crippen LogP contribution in [0.2, 0.25) is 0 Å². The summed E-state index contributed by atoms with van der Waals surface area (Å²) < 4.78 is 44.3. The van der Waals surface area contributed by atoms with Gasteiger partial charge in [-0.3, -0.25) is 9.59 Å². The van der Waals surface area contributed by atoms with Gasteiger partial charge in [-0.15, -0.1) is 0 Å². The summed E-state index contributed by atoms with van der Waals surface area (Å²) in [6.45, 7) is 3.42. The van der Waals surface area contributed by atoms with E-state index in [-0.39, 0.29) is 54.5 Å². The van der Waals surface area contributed by atoms with Crippen LogP contribution in [0.3, 0.4) is 0 Å². The van der Waals surface area contributed by atoms with Crippen molar-refractivity contribution >= 4 is 29.3 Å². The van der Waals surface area contributed by atoms with Crippen LogP contribution < -0.4 is 16.0 Å². The Bertz CT molecular complexity index is 1190. The van der Waals surface area contributed by atoms with Crippen molar-refractivity contribution in [2.75, 3.05) is 18.5 Å². The summed E-state index contributed by atoms with van der Waals surface area (Å²) in [6, 6.07) is 10.9. The van der Waals surface area contributed by atoms with Gasteiger partial charge in [-0.25, -0.2) is 4.79 Å². The lowest BCUT2D eigenvalue weighted by Gasteiger charge is -2.38. The molecule has 2 aliphatic rings. The number of ether oxygens (including phenoxy) is 1. The molecule has 0 aromatic heterocycles. The molecule has 202 valence electrons. The van der Waals surface area contributed by atoms with E-state index in [1.54, 1.807) is 23.1 Å². The van der Waals surface area contributed by atoms with E-state index in [9.17, 15) is 27.6 Å². The Kier molecular flexibility index (Phi) is 8.23. The lowest BCUT2D eigenvalue weighted by molar-refractivity contribution is -0.137. The Morgan fingerprint density at radius 3 is 2.45 bits per heavy atom. The first-order valence-electron chi connectivity index (χ1n) is 12.3. The summed E-state index contributed by atoms with van der Waals surface area (Å²) in [5.74, 6) is -0.913. The molecule has 0 radical (unpaired) electrons. The first kappa shape index (κ1) is 27.0. The van der Waals surface area contributed by atoms with E-state index < -0.39 is 17.6 Å². The maximum atomic E-state index is 13.0. The highest BCUT2D eigenvalue weighted by Gasteiger charge is 2.44. The van der Waals surface area contributed by atoms with E-state index in [0.29, 0.717) is 18.5 Å². The lowest BCUT2D eigenvalue weighted by atomic mass is 9.97. The van der Waals surface area contributed by atoms with Gasteiger partial charge in [-0.05, 0) is 56.0 Å². The van der Waals surface area contributed by atoms with E-state index in [1.807, 2.05) is 0 Å². The van der Waals surface area contributed by atoms with Gasteiger partial charge in [-0.2, -0.15) is 13.2 Å². The molecular formula is C27H29F3N4O4. The monoisotopic (exact) mass is 530 g/mol. The maximum Gasteiger partial charge on any atom is 0.416 e. The topological polar surface area (TPSA) is 99.8 Å². The molecule has 3 amide bonds. The van der Waals surface area contributed by atoms with Crippen molar-refractivity contribution in [3.63, 3.8) is 0 Å². The van der Waals surface area contributed by atoms with Crippen LogP contribution in [0.5, 0.6) is 0 Å². The lowest BCUT2D eigenvalue weighted by Crippen LogP contribution is -2.53. The number of hydrogen-bond acceptors (Lipinski definition) is 5. The molecule has 2 aromatic carbocycles. The first-order chi connectivity index (χ1) is 18.2. The number of amides is 3. The molecule has 2 unspecified atom stereocenters. The molecule has 2 aromatic rings. The summed E-state index contributed by atoms with van der Waals surface area (Å²) in [6.07, 6.45) is -0.467. The average molecular weight is 531 g/mol. The minimum atomic E-state index is -4.49. The molecule has 11 heteroatoms. The van der Waals surface area contributed by atoms with Gasteiger partial charge in [0, 0.05) is 23.8 Å². The third-order valence-corrected chi connectivity index (χ3v) is 6.68. The minimum Gasteiger partial charge on any atom is -0.445 e. The van der Waals surface area contributed by atoms with Crippen molar-refractivity contribution in [1.29, 1.82) is 0 Å². The first-order valence-corrected chi connectivity index (χ1v) is 12.3. The standard InChI is InChI=1S/C27H29F3N4O4/c1-2-12-38-26(37)34-20-10-11-21(34)15-19(14-20)33-24(35)16-31-25(36)22-8-3-4-9-23(22)32-18-7-5-6-17(13-18)27(28,29)30/h2-9,13,19-21,32H,1,10-12,14-16H2,(H,31,36)(H,33,35). The molecule has 0 aliphatic carbocycles. The fourth-order valence-electron chi connectivity index (χ4n) is 5.05. The zero-order valence-corrected chi connectivity index (χ0v) is 20.6. The molecule has 2 saturated heterocycles. The van der Waals surface area contributed by atoms with Gasteiger partial charge in [0.15, 0.2) is 0 Å². The van der Waals surface area contributed by atoms with E-state index in [1.165, 1.54) is 24.3 Å². The number of halogens is 3. The van der Waals surface area contributed by atoms with Crippen LogP contribution in [0.4, 0.5) is 29.3 Å². The predicted octanol–water partition coefficient (Wildman–Crippen LogP) is 4.61. The number of carbonyl (C=O) groups excluding carboxylic acids is 3. The number of piperidine rings is 1. The molecule has 2 atom stereocenters. The molecule has 0 spiro atoms. The Balaban J connectivity index is 1.31. The van der Waals surface area contributed by atoms with Gasteiger partial charge in [0.05, 0.1) is 23.4 Å². The van der Waals surface area contributed by atoms with Crippen LogP contribution in [0.25, 0.3) is 0 Å². The minimum absolute atomic E-state index is 0.0141. The largest absolute Gasteiger partial charge is 0.445 e. The number of fused-ring (bicyclic) bond motifs is 2. The zero-order valence-electron chi connectivity index (χ0n) is 20.6. The van der Waals surface area contributed by atoms with Crippen LogP contribution in [0, 0.1) is 0 Å². The second kappa shape index (κ2) is 11.6. The molecule has 38 heavy (non-hydrogen) atoms. The Morgan fingerprint density at radius 2 is 1.76 bits per heavy atom. The number of nitrogens with one attached hydrogen (secondary N) is 3. The van der Waals surface area contributed by atoms with Crippen molar-refractivity contribution in [1.82, 2.24) is 15.5 Å². The van der Waals surface area contributed by atoms with Crippen molar-refractivity contribution in [2.45, 2.75) is 50.0 Å². The Hall–Kier alpha value is -4.02. The van der Waals surface area contributed by atoms with E-state index in [4.69, 9.17) is 4.74 Å². The molecule has 2 heterocycles. The number of carbonyl (C=O) groups is 3. The second-order valence-electron chi connectivity index (χ2n) is 9.33. The summed E-state index contributed by atoms with van der Waals surface area (Å²) in [5.41, 5.74) is -0.152. The van der Waals surface area contributed by atoms with Crippen molar-refractivity contribution < 1.29 is 32.3 Å². The molecular weight excluding hydrogens is 501 g/mol. The Morgan fingerprint density at radius 1 is 1.05 bits per heavy atom. The van der Waals surface area contributed by atoms with Crippen LogP contribution >= 0.6 is 0 Å². The van der Waals surface area contributed by atoms with Gasteiger partial charge >= 0.3 is 12.3 Å². The van der Waals surface area contributed by atoms with Gasteiger partial charge in [0.1, 0.15) is 6.61 Å². The predicted molar refractivity (Wildman–Crippen MR) is 135 cm³/mol. The third-order valence-electron chi connectivity index (χ3n) is 6.68. The van der Waals surface area contributed by atoms with E-state index >= 15 is 0 Å². The van der Waals surface area contributed by atoms with Crippen molar-refractivity contribution in [3.8, 4) is 0 Å². The maximum absolute atomic E-state index is 13.0. The van der Waals surface area contributed by atoms with Crippen molar-refractivity contribution in [3.05, 3.63) is 72.3 Å². The zero-order chi connectivity index (χ0) is 27.3. The van der Waals surface area contributed by atoms with Crippen LogP contribution in [-0.4, -0.2) is 54.1 Å². The smallest absolute Gasteiger partial charge is 0.416 e. The number of hydrogen-bond donors (Lipinski definition) is 3. The third kappa shape index (κ3) is 6.45. The number of rotatable bonds is 8. The molecule has 4 rings (SSSR count). The highest BCUT2D eigenvalue weighted by Crippen LogP contribution is 2.36. The van der Waals surface area contributed by atoms with Gasteiger partial charge in [0.25, 0.3) is 5.91 Å². The SMILES string of the molecule is C=CCOC(=O)N1C2CCC1CC(NC(=O)CNC(=O)c1ccccc1Nc1cccc(C(F)(F)F)c1)C2. The fraction of sp³-hybridized carbons (Fsp3) is 0.370. The van der Waals surface area contributed by atoms with Gasteiger partial charge in [0.2, 0.25) is 5.91 Å². The second-order valence-corrected chi connectivity index (χ2v) is 9.33. The van der Waals surface area contributed by atoms with Gasteiger partial charge < -0.3 is 25.6 Å². The van der Waals surface area contributed by atoms with Gasteiger partial charge in [-0.1, -0.05) is 30.9 Å². The summed E-state index contributed by atoms with van der Waals surface area (Å²) >= 11 is 0. The number of para-hydroxylation sites is 1. The quantitative estimate of drug-likeness (QED) is 0.433. The fourth-order valence-corrected chi connectivity index (χ4v) is 5.05. The molecule has 8 nitrogen and oxygen atoms in total. The van der Waals surface area contributed by atoms with Crippen LogP contribution in [0.1, 0.15) is 41.6 Å². The number of benzene rings is 2. The molecule has 2 aliphatic heterocycles. The average Bonchev–Trinajstić information content (AvgIpc) is 3.16. The molecule has 2 bridgehead atoms. The van der Waals surface area contributed by atoms with Crippen LogP contribution in [-0.2, 0) is 15.7 Å². The molecule has 3 N–H and O–H groups in total. The summed E-state index contributed by atoms with van der Waals surface area (Å²) in [4.78, 5) is 39.5. The molecule has 0 saturated carbocycles. The van der Waals surface area contributed by atoms with Crippen molar-refractivity contribution in [2.24, 2.45) is 0 Å². The van der Waals surface area contributed by atoms with E-state index in [2.05, 4.69) is 22.5 Å². The summed E-state index contributed by atoms with van der Waals surface area (Å²) in [5, 5.41) is 8.36.